The van der Waals surface area contributed by atoms with Gasteiger partial charge in [-0.3, -0.25) is 9.59 Å². The molecule has 1 aliphatic rings. The summed E-state index contributed by atoms with van der Waals surface area (Å²) in [6, 6.07) is 0. The zero-order valence-electron chi connectivity index (χ0n) is 13.7. The van der Waals surface area contributed by atoms with Crippen molar-refractivity contribution >= 4 is 11.9 Å². The summed E-state index contributed by atoms with van der Waals surface area (Å²) >= 11 is 0. The summed E-state index contributed by atoms with van der Waals surface area (Å²) in [5.74, 6) is -2.72. The molecule has 0 saturated heterocycles. The molecular weight excluding hydrogens is 280 g/mol. The standard InChI is InChI=1S/C18H30O4/c1-2-3-4-5-6-7-8-10-13-18(17(21)22)14-11-9-12-15(18)16(19)20/h9,11,15H,2-8,10,12-14H2,1H3,(H,19,20)(H,21,22). The van der Waals surface area contributed by atoms with E-state index in [1.54, 1.807) is 6.08 Å². The Morgan fingerprint density at radius 1 is 1.00 bits per heavy atom. The zero-order valence-corrected chi connectivity index (χ0v) is 13.7. The van der Waals surface area contributed by atoms with Gasteiger partial charge in [-0.05, 0) is 19.3 Å². The summed E-state index contributed by atoms with van der Waals surface area (Å²) in [5.41, 5.74) is -1.11. The number of carboxylic acids is 2. The van der Waals surface area contributed by atoms with Gasteiger partial charge in [0.1, 0.15) is 0 Å². The molecule has 126 valence electrons. The van der Waals surface area contributed by atoms with E-state index in [-0.39, 0.29) is 0 Å². The second-order valence-corrected chi connectivity index (χ2v) is 6.49. The number of rotatable bonds is 11. The first-order valence-electron chi connectivity index (χ1n) is 8.66. The summed E-state index contributed by atoms with van der Waals surface area (Å²) in [7, 11) is 0. The summed E-state index contributed by atoms with van der Waals surface area (Å²) in [4.78, 5) is 23.1. The molecule has 22 heavy (non-hydrogen) atoms. The number of aliphatic carboxylic acids is 2. The van der Waals surface area contributed by atoms with Crippen LogP contribution < -0.4 is 0 Å². The van der Waals surface area contributed by atoms with E-state index in [0.29, 0.717) is 19.3 Å². The Morgan fingerprint density at radius 2 is 1.59 bits per heavy atom. The fourth-order valence-electron chi connectivity index (χ4n) is 3.42. The van der Waals surface area contributed by atoms with Crippen LogP contribution >= 0.6 is 0 Å². The molecule has 0 fully saturated rings. The first-order chi connectivity index (χ1) is 10.5. The van der Waals surface area contributed by atoms with E-state index in [9.17, 15) is 19.8 Å². The molecule has 0 aromatic carbocycles. The molecule has 0 aliphatic heterocycles. The van der Waals surface area contributed by atoms with Crippen molar-refractivity contribution in [1.82, 2.24) is 0 Å². The molecule has 0 radical (unpaired) electrons. The lowest BCUT2D eigenvalue weighted by Crippen LogP contribution is -2.43. The van der Waals surface area contributed by atoms with Crippen LogP contribution in [-0.4, -0.2) is 22.2 Å². The van der Waals surface area contributed by atoms with Crippen molar-refractivity contribution in [2.45, 2.75) is 77.6 Å². The molecule has 0 spiro atoms. The molecular formula is C18H30O4. The Labute approximate surface area is 133 Å². The van der Waals surface area contributed by atoms with Crippen LogP contribution in [-0.2, 0) is 9.59 Å². The van der Waals surface area contributed by atoms with Crippen LogP contribution in [0, 0.1) is 11.3 Å². The van der Waals surface area contributed by atoms with Crippen molar-refractivity contribution in [3.63, 3.8) is 0 Å². The number of unbranched alkanes of at least 4 members (excludes halogenated alkanes) is 7. The van der Waals surface area contributed by atoms with Crippen LogP contribution in [0.4, 0.5) is 0 Å². The zero-order chi connectivity index (χ0) is 16.4. The third-order valence-corrected chi connectivity index (χ3v) is 4.89. The van der Waals surface area contributed by atoms with Crippen molar-refractivity contribution in [2.24, 2.45) is 11.3 Å². The van der Waals surface area contributed by atoms with Gasteiger partial charge in [-0.2, -0.15) is 0 Å². The lowest BCUT2D eigenvalue weighted by Gasteiger charge is -2.36. The minimum Gasteiger partial charge on any atom is -0.481 e. The molecule has 0 aromatic heterocycles. The topological polar surface area (TPSA) is 74.6 Å². The third kappa shape index (κ3) is 5.15. The Kier molecular flexibility index (Phi) is 8.21. The highest BCUT2D eigenvalue weighted by atomic mass is 16.4. The van der Waals surface area contributed by atoms with Gasteiger partial charge < -0.3 is 10.2 Å². The van der Waals surface area contributed by atoms with E-state index >= 15 is 0 Å². The Balaban J connectivity index is 2.43. The van der Waals surface area contributed by atoms with Gasteiger partial charge in [-0.1, -0.05) is 70.4 Å². The van der Waals surface area contributed by atoms with Gasteiger partial charge in [0.25, 0.3) is 0 Å². The van der Waals surface area contributed by atoms with Crippen LogP contribution in [0.2, 0.25) is 0 Å². The molecule has 0 amide bonds. The maximum absolute atomic E-state index is 11.7. The van der Waals surface area contributed by atoms with E-state index < -0.39 is 23.3 Å². The van der Waals surface area contributed by atoms with Crippen molar-refractivity contribution in [3.05, 3.63) is 12.2 Å². The van der Waals surface area contributed by atoms with Crippen molar-refractivity contribution in [2.75, 3.05) is 0 Å². The van der Waals surface area contributed by atoms with E-state index in [0.717, 1.165) is 19.3 Å². The largest absolute Gasteiger partial charge is 0.481 e. The molecule has 0 saturated carbocycles. The molecule has 2 unspecified atom stereocenters. The average Bonchev–Trinajstić information content (AvgIpc) is 2.50. The SMILES string of the molecule is CCCCCCCCCCC1(C(=O)O)CC=CCC1C(=O)O. The number of carboxylic acid groups (broad SMARTS) is 2. The molecule has 0 bridgehead atoms. The number of hydrogen-bond donors (Lipinski definition) is 2. The van der Waals surface area contributed by atoms with Gasteiger partial charge in [0.05, 0.1) is 11.3 Å². The normalized spacial score (nSPS) is 24.3. The van der Waals surface area contributed by atoms with Gasteiger partial charge in [0, 0.05) is 0 Å². The van der Waals surface area contributed by atoms with Gasteiger partial charge in [-0.15, -0.1) is 0 Å². The van der Waals surface area contributed by atoms with Gasteiger partial charge in [0.2, 0.25) is 0 Å². The third-order valence-electron chi connectivity index (χ3n) is 4.89. The molecule has 2 atom stereocenters. The molecule has 0 aromatic rings. The minimum atomic E-state index is -1.11. The molecule has 4 heteroatoms. The average molecular weight is 310 g/mol. The molecule has 2 N–H and O–H groups in total. The van der Waals surface area contributed by atoms with Crippen LogP contribution in [0.1, 0.15) is 77.6 Å². The van der Waals surface area contributed by atoms with Crippen molar-refractivity contribution in [1.29, 1.82) is 0 Å². The predicted octanol–water partition coefficient (Wildman–Crippen LogP) is 4.64. The predicted molar refractivity (Wildman–Crippen MR) is 86.8 cm³/mol. The number of allylic oxidation sites excluding steroid dienone is 2. The van der Waals surface area contributed by atoms with E-state index in [1.165, 1.54) is 32.1 Å². The highest BCUT2D eigenvalue weighted by Crippen LogP contribution is 2.43. The monoisotopic (exact) mass is 310 g/mol. The first kappa shape index (κ1) is 18.7. The van der Waals surface area contributed by atoms with Gasteiger partial charge in [-0.25, -0.2) is 0 Å². The highest BCUT2D eigenvalue weighted by Gasteiger charge is 2.48. The second kappa shape index (κ2) is 9.65. The van der Waals surface area contributed by atoms with E-state index in [1.807, 2.05) is 6.08 Å². The summed E-state index contributed by atoms with van der Waals surface area (Å²) < 4.78 is 0. The van der Waals surface area contributed by atoms with Crippen LogP contribution in [0.15, 0.2) is 12.2 Å². The Morgan fingerprint density at radius 3 is 2.14 bits per heavy atom. The molecule has 1 rings (SSSR count). The van der Waals surface area contributed by atoms with Crippen LogP contribution in [0.25, 0.3) is 0 Å². The van der Waals surface area contributed by atoms with Crippen molar-refractivity contribution in [3.8, 4) is 0 Å². The smallest absolute Gasteiger partial charge is 0.310 e. The summed E-state index contributed by atoms with van der Waals surface area (Å²) in [6.45, 7) is 2.20. The fourth-order valence-corrected chi connectivity index (χ4v) is 3.42. The van der Waals surface area contributed by atoms with Crippen molar-refractivity contribution < 1.29 is 19.8 Å². The maximum Gasteiger partial charge on any atom is 0.310 e. The summed E-state index contributed by atoms with van der Waals surface area (Å²) in [5, 5.41) is 19.0. The van der Waals surface area contributed by atoms with Gasteiger partial charge >= 0.3 is 11.9 Å². The Bertz CT molecular complexity index is 389. The maximum atomic E-state index is 11.7. The fraction of sp³-hybridized carbons (Fsp3) is 0.778. The van der Waals surface area contributed by atoms with Crippen LogP contribution in [0.3, 0.4) is 0 Å². The Hall–Kier alpha value is -1.32. The van der Waals surface area contributed by atoms with Crippen LogP contribution in [0.5, 0.6) is 0 Å². The lowest BCUT2D eigenvalue weighted by atomic mass is 9.66. The molecule has 1 aliphatic carbocycles. The molecule has 0 heterocycles. The number of carbonyl (C=O) groups is 2. The number of hydrogen-bond acceptors (Lipinski definition) is 2. The lowest BCUT2D eigenvalue weighted by molar-refractivity contribution is -0.163. The first-order valence-corrected chi connectivity index (χ1v) is 8.66. The van der Waals surface area contributed by atoms with Gasteiger partial charge in [0.15, 0.2) is 0 Å². The quantitative estimate of drug-likeness (QED) is 0.430. The molecule has 4 nitrogen and oxygen atoms in total. The second-order valence-electron chi connectivity index (χ2n) is 6.49. The summed E-state index contributed by atoms with van der Waals surface area (Å²) in [6.07, 6.45) is 13.9. The van der Waals surface area contributed by atoms with E-state index in [4.69, 9.17) is 0 Å². The van der Waals surface area contributed by atoms with E-state index in [2.05, 4.69) is 6.92 Å². The highest BCUT2D eigenvalue weighted by molar-refractivity contribution is 5.84. The minimum absolute atomic E-state index is 0.332.